The molecule has 0 aromatic carbocycles. The maximum Gasteiger partial charge on any atom is 0.300 e. The van der Waals surface area contributed by atoms with Crippen molar-refractivity contribution in [2.45, 2.75) is 18.9 Å². The van der Waals surface area contributed by atoms with Crippen LogP contribution in [0.5, 0.6) is 0 Å². The Labute approximate surface area is 113 Å². The zero-order valence-corrected chi connectivity index (χ0v) is 10.6. The summed E-state index contributed by atoms with van der Waals surface area (Å²) < 4.78 is 0. The van der Waals surface area contributed by atoms with Gasteiger partial charge < -0.3 is 10.4 Å². The highest BCUT2D eigenvalue weighted by atomic mass is 35.5. The summed E-state index contributed by atoms with van der Waals surface area (Å²) in [5.74, 6) is -0.340. The fourth-order valence-corrected chi connectivity index (χ4v) is 2.11. The van der Waals surface area contributed by atoms with Crippen LogP contribution in [0.2, 0.25) is 5.15 Å². The molecule has 0 atom stereocenters. The first kappa shape index (κ1) is 13.7. The second kappa shape index (κ2) is 5.50. The fourth-order valence-electron chi connectivity index (χ4n) is 1.95. The lowest BCUT2D eigenvalue weighted by Gasteiger charge is -2.31. The first-order valence-corrected chi connectivity index (χ1v) is 6.11. The highest BCUT2D eigenvalue weighted by Crippen LogP contribution is 2.26. The van der Waals surface area contributed by atoms with Crippen LogP contribution >= 0.6 is 11.6 Å². The van der Waals surface area contributed by atoms with Gasteiger partial charge in [-0.3, -0.25) is 14.9 Å². The molecule has 2 N–H and O–H groups in total. The quantitative estimate of drug-likeness (QED) is 0.490. The van der Waals surface area contributed by atoms with E-state index in [1.807, 2.05) is 0 Å². The molecule has 0 radical (unpaired) electrons. The van der Waals surface area contributed by atoms with E-state index in [2.05, 4.69) is 10.3 Å². The van der Waals surface area contributed by atoms with E-state index in [-0.39, 0.29) is 28.4 Å². The van der Waals surface area contributed by atoms with Crippen LogP contribution in [-0.2, 0) is 0 Å². The zero-order valence-electron chi connectivity index (χ0n) is 9.88. The molecular formula is C11H12ClN3O4. The Bertz CT molecular complexity index is 517. The number of aliphatic hydroxyl groups excluding tert-OH is 1. The Morgan fingerprint density at radius 2 is 2.32 bits per heavy atom. The average molecular weight is 286 g/mol. The third kappa shape index (κ3) is 3.18. The van der Waals surface area contributed by atoms with E-state index < -0.39 is 10.8 Å². The molecule has 2 rings (SSSR count). The van der Waals surface area contributed by atoms with Crippen LogP contribution in [0.3, 0.4) is 0 Å². The number of hydrogen-bond donors (Lipinski definition) is 2. The van der Waals surface area contributed by atoms with Crippen molar-refractivity contribution in [1.82, 2.24) is 10.3 Å². The minimum absolute atomic E-state index is 0.0230. The molecule has 0 spiro atoms. The van der Waals surface area contributed by atoms with Crippen molar-refractivity contribution >= 4 is 23.2 Å². The topological polar surface area (TPSA) is 105 Å². The Hall–Kier alpha value is -1.73. The standard InChI is InChI=1S/C11H12ClN3O4/c12-10-3-8(9(5-13-10)15(18)19)11(17)14-4-6-1-7(16)2-6/h3,5-7,16H,1-2,4H2,(H,14,17). The summed E-state index contributed by atoms with van der Waals surface area (Å²) in [6.07, 6.45) is 1.94. The van der Waals surface area contributed by atoms with E-state index in [1.54, 1.807) is 0 Å². The minimum atomic E-state index is -0.675. The van der Waals surface area contributed by atoms with Gasteiger partial charge in [-0.2, -0.15) is 0 Å². The SMILES string of the molecule is O=C(NCC1CC(O)C1)c1cc(Cl)ncc1[N+](=O)[O-]. The summed E-state index contributed by atoms with van der Waals surface area (Å²) in [6.45, 7) is 0.382. The molecule has 0 aliphatic heterocycles. The third-order valence-electron chi connectivity index (χ3n) is 3.05. The van der Waals surface area contributed by atoms with Gasteiger partial charge in [0.25, 0.3) is 11.6 Å². The van der Waals surface area contributed by atoms with Gasteiger partial charge in [0.15, 0.2) is 0 Å². The summed E-state index contributed by atoms with van der Waals surface area (Å²) >= 11 is 5.64. The number of nitro groups is 1. The molecule has 1 heterocycles. The van der Waals surface area contributed by atoms with E-state index in [0.29, 0.717) is 19.4 Å². The molecule has 1 aliphatic rings. The Morgan fingerprint density at radius 1 is 1.63 bits per heavy atom. The first-order valence-electron chi connectivity index (χ1n) is 5.73. The number of carbonyl (C=O) groups is 1. The number of rotatable bonds is 4. The third-order valence-corrected chi connectivity index (χ3v) is 3.26. The monoisotopic (exact) mass is 285 g/mol. The Balaban J connectivity index is 2.05. The number of pyridine rings is 1. The normalized spacial score (nSPS) is 21.6. The van der Waals surface area contributed by atoms with Crippen molar-refractivity contribution in [2.75, 3.05) is 6.54 Å². The second-order valence-corrected chi connectivity index (χ2v) is 4.87. The average Bonchev–Trinajstić information content (AvgIpc) is 2.32. The lowest BCUT2D eigenvalue weighted by Crippen LogP contribution is -2.38. The largest absolute Gasteiger partial charge is 0.393 e. The highest BCUT2D eigenvalue weighted by Gasteiger charge is 2.28. The fraction of sp³-hybridized carbons (Fsp3) is 0.455. The van der Waals surface area contributed by atoms with E-state index in [9.17, 15) is 14.9 Å². The molecule has 19 heavy (non-hydrogen) atoms. The smallest absolute Gasteiger partial charge is 0.300 e. The van der Waals surface area contributed by atoms with E-state index >= 15 is 0 Å². The van der Waals surface area contributed by atoms with E-state index in [4.69, 9.17) is 16.7 Å². The number of aromatic nitrogens is 1. The Kier molecular flexibility index (Phi) is 3.96. The molecule has 102 valence electrons. The molecule has 1 aromatic rings. The molecule has 1 fully saturated rings. The van der Waals surface area contributed by atoms with Crippen LogP contribution in [-0.4, -0.2) is 33.6 Å². The number of hydrogen-bond acceptors (Lipinski definition) is 5. The van der Waals surface area contributed by atoms with E-state index in [1.165, 1.54) is 6.07 Å². The molecule has 0 saturated heterocycles. The van der Waals surface area contributed by atoms with Crippen molar-refractivity contribution in [3.63, 3.8) is 0 Å². The highest BCUT2D eigenvalue weighted by molar-refractivity contribution is 6.29. The summed E-state index contributed by atoms with van der Waals surface area (Å²) in [5.41, 5.74) is -0.486. The number of nitrogens with one attached hydrogen (secondary N) is 1. The maximum atomic E-state index is 11.9. The number of carbonyl (C=O) groups excluding carboxylic acids is 1. The number of halogens is 1. The lowest BCUT2D eigenvalue weighted by molar-refractivity contribution is -0.385. The van der Waals surface area contributed by atoms with Crippen molar-refractivity contribution in [2.24, 2.45) is 5.92 Å². The van der Waals surface area contributed by atoms with Gasteiger partial charge in [-0.15, -0.1) is 0 Å². The summed E-state index contributed by atoms with van der Waals surface area (Å²) in [6, 6.07) is 1.17. The molecule has 1 amide bonds. The molecule has 1 saturated carbocycles. The van der Waals surface area contributed by atoms with Crippen molar-refractivity contribution < 1.29 is 14.8 Å². The van der Waals surface area contributed by atoms with Gasteiger partial charge in [-0.1, -0.05) is 11.6 Å². The van der Waals surface area contributed by atoms with Crippen LogP contribution < -0.4 is 5.32 Å². The van der Waals surface area contributed by atoms with Crippen LogP contribution in [0.15, 0.2) is 12.3 Å². The first-order chi connectivity index (χ1) is 8.97. The second-order valence-electron chi connectivity index (χ2n) is 4.48. The summed E-state index contributed by atoms with van der Waals surface area (Å²) in [7, 11) is 0. The van der Waals surface area contributed by atoms with Gasteiger partial charge in [-0.25, -0.2) is 4.98 Å². The van der Waals surface area contributed by atoms with Crippen LogP contribution in [0.1, 0.15) is 23.2 Å². The Morgan fingerprint density at radius 3 is 2.89 bits per heavy atom. The van der Waals surface area contributed by atoms with Crippen molar-refractivity contribution in [1.29, 1.82) is 0 Å². The molecule has 1 aliphatic carbocycles. The molecule has 0 bridgehead atoms. The van der Waals surface area contributed by atoms with Gasteiger partial charge in [0.2, 0.25) is 0 Å². The van der Waals surface area contributed by atoms with Gasteiger partial charge in [0.1, 0.15) is 16.9 Å². The molecule has 0 unspecified atom stereocenters. The predicted molar refractivity (Wildman–Crippen MR) is 67.0 cm³/mol. The maximum absolute atomic E-state index is 11.9. The van der Waals surface area contributed by atoms with Crippen molar-refractivity contribution in [3.8, 4) is 0 Å². The summed E-state index contributed by atoms with van der Waals surface area (Å²) in [5, 5.41) is 22.5. The van der Waals surface area contributed by atoms with Crippen LogP contribution in [0, 0.1) is 16.0 Å². The zero-order chi connectivity index (χ0) is 14.0. The number of nitrogens with zero attached hydrogens (tertiary/aromatic N) is 2. The van der Waals surface area contributed by atoms with Gasteiger partial charge in [-0.05, 0) is 24.8 Å². The number of aliphatic hydroxyl groups is 1. The van der Waals surface area contributed by atoms with Gasteiger partial charge >= 0.3 is 0 Å². The lowest BCUT2D eigenvalue weighted by atomic mass is 9.82. The predicted octanol–water partition coefficient (Wildman–Crippen LogP) is 1.14. The molecule has 1 aromatic heterocycles. The van der Waals surface area contributed by atoms with Crippen molar-refractivity contribution in [3.05, 3.63) is 33.1 Å². The summed E-state index contributed by atoms with van der Waals surface area (Å²) in [4.78, 5) is 25.6. The molecule has 8 heteroatoms. The van der Waals surface area contributed by atoms with Gasteiger partial charge in [0.05, 0.1) is 11.0 Å². The van der Waals surface area contributed by atoms with Crippen LogP contribution in [0.25, 0.3) is 0 Å². The number of amides is 1. The minimum Gasteiger partial charge on any atom is -0.393 e. The molecular weight excluding hydrogens is 274 g/mol. The molecule has 7 nitrogen and oxygen atoms in total. The van der Waals surface area contributed by atoms with Gasteiger partial charge in [0, 0.05) is 6.54 Å². The van der Waals surface area contributed by atoms with Crippen LogP contribution in [0.4, 0.5) is 5.69 Å². The van der Waals surface area contributed by atoms with E-state index in [0.717, 1.165) is 6.20 Å².